The van der Waals surface area contributed by atoms with Crippen LogP contribution in [0.3, 0.4) is 0 Å². The average molecular weight is 537 g/mol. The van der Waals surface area contributed by atoms with Crippen LogP contribution in [0.2, 0.25) is 0 Å². The fraction of sp³-hybridized carbons (Fsp3) is 0.480. The first-order valence-corrected chi connectivity index (χ1v) is 11.9. The van der Waals surface area contributed by atoms with Gasteiger partial charge in [0, 0.05) is 24.9 Å². The molecular weight excluding hydrogens is 510 g/mol. The molecule has 2 N–H and O–H groups in total. The second-order valence-electron chi connectivity index (χ2n) is 8.88. The Kier molecular flexibility index (Phi) is 8.95. The lowest BCUT2D eigenvalue weighted by molar-refractivity contribution is -0.143. The van der Waals surface area contributed by atoms with Crippen molar-refractivity contribution in [2.75, 3.05) is 19.0 Å². The lowest BCUT2D eigenvalue weighted by Crippen LogP contribution is -2.41. The minimum atomic E-state index is -4.94. The second kappa shape index (κ2) is 11.4. The van der Waals surface area contributed by atoms with Crippen LogP contribution in [0.25, 0.3) is 0 Å². The maximum atomic E-state index is 13.3. The van der Waals surface area contributed by atoms with Crippen LogP contribution < -0.4 is 10.6 Å². The standard InChI is InChI=1S/C25H27ClF6N2O2/c1-16(17-10-19(24(27,28)29)12-20(11-17)25(30,31)32)36-15-23(18-6-3-2-4-7-18)13-21(14-33-23)34-22(35)8-5-9-26/h2-4,6-7,10-12,16,21,33H,5,8-9,13-15H2,1H3,(H,34,35). The zero-order valence-electron chi connectivity index (χ0n) is 19.5. The topological polar surface area (TPSA) is 50.4 Å². The zero-order chi connectivity index (χ0) is 26.6. The van der Waals surface area contributed by atoms with Crippen molar-refractivity contribution in [3.63, 3.8) is 0 Å². The summed E-state index contributed by atoms with van der Waals surface area (Å²) in [4.78, 5) is 12.2. The predicted octanol–water partition coefficient (Wildman–Crippen LogP) is 6.19. The fourth-order valence-corrected chi connectivity index (χ4v) is 4.39. The van der Waals surface area contributed by atoms with Crippen LogP contribution in [0.15, 0.2) is 48.5 Å². The van der Waals surface area contributed by atoms with Gasteiger partial charge in [0.25, 0.3) is 0 Å². The molecule has 0 aromatic heterocycles. The number of rotatable bonds is 9. The summed E-state index contributed by atoms with van der Waals surface area (Å²) in [5.74, 6) is 0.214. The average Bonchev–Trinajstić information content (AvgIpc) is 3.24. The van der Waals surface area contributed by atoms with Gasteiger partial charge in [-0.05, 0) is 49.1 Å². The number of ether oxygens (including phenoxy) is 1. The monoisotopic (exact) mass is 536 g/mol. The molecule has 0 spiro atoms. The van der Waals surface area contributed by atoms with Crippen molar-refractivity contribution < 1.29 is 35.9 Å². The molecule has 1 aliphatic rings. The summed E-state index contributed by atoms with van der Waals surface area (Å²) in [6.45, 7) is 1.79. The molecule has 1 saturated heterocycles. The molecule has 0 aliphatic carbocycles. The molecule has 2 aromatic rings. The Balaban J connectivity index is 1.82. The molecule has 2 aromatic carbocycles. The Morgan fingerprint density at radius 2 is 1.72 bits per heavy atom. The SMILES string of the molecule is CC(OCC1(c2ccccc2)CC(NC(=O)CCCCl)CN1)c1cc(C(F)(F)F)cc(C(F)(F)F)c1. The van der Waals surface area contributed by atoms with Crippen molar-refractivity contribution in [1.82, 2.24) is 10.6 Å². The number of alkyl halides is 7. The number of nitrogens with one attached hydrogen (secondary N) is 2. The van der Waals surface area contributed by atoms with Gasteiger partial charge in [0.2, 0.25) is 5.91 Å². The number of carbonyl (C=O) groups is 1. The quantitative estimate of drug-likeness (QED) is 0.297. The van der Waals surface area contributed by atoms with Crippen LogP contribution in [0.5, 0.6) is 0 Å². The van der Waals surface area contributed by atoms with E-state index >= 15 is 0 Å². The third-order valence-corrected chi connectivity index (χ3v) is 6.44. The third-order valence-electron chi connectivity index (χ3n) is 6.17. The highest BCUT2D eigenvalue weighted by Gasteiger charge is 2.42. The van der Waals surface area contributed by atoms with Crippen molar-refractivity contribution in [3.05, 3.63) is 70.8 Å². The largest absolute Gasteiger partial charge is 0.416 e. The predicted molar refractivity (Wildman–Crippen MR) is 123 cm³/mol. The summed E-state index contributed by atoms with van der Waals surface area (Å²) in [5, 5.41) is 6.29. The Hall–Kier alpha value is -2.30. The fourth-order valence-electron chi connectivity index (χ4n) is 4.26. The van der Waals surface area contributed by atoms with Crippen LogP contribution >= 0.6 is 11.6 Å². The van der Waals surface area contributed by atoms with Crippen LogP contribution in [-0.2, 0) is 27.4 Å². The summed E-state index contributed by atoms with van der Waals surface area (Å²) in [7, 11) is 0. The molecule has 0 radical (unpaired) electrons. The molecule has 1 fully saturated rings. The molecule has 3 atom stereocenters. The molecule has 3 rings (SSSR count). The summed E-state index contributed by atoms with van der Waals surface area (Å²) in [6, 6.07) is 10.4. The van der Waals surface area contributed by atoms with Gasteiger partial charge in [-0.2, -0.15) is 26.3 Å². The minimum absolute atomic E-state index is 0.0379. The highest BCUT2D eigenvalue weighted by Crippen LogP contribution is 2.39. The number of benzene rings is 2. The highest BCUT2D eigenvalue weighted by atomic mass is 35.5. The van der Waals surface area contributed by atoms with E-state index in [1.54, 1.807) is 0 Å². The normalized spacial score (nSPS) is 21.4. The van der Waals surface area contributed by atoms with Crippen molar-refractivity contribution >= 4 is 17.5 Å². The zero-order valence-corrected chi connectivity index (χ0v) is 20.2. The summed E-state index contributed by atoms with van der Waals surface area (Å²) in [6.07, 6.45) is -9.70. The van der Waals surface area contributed by atoms with Gasteiger partial charge < -0.3 is 15.4 Å². The number of halogens is 7. The van der Waals surface area contributed by atoms with E-state index in [1.807, 2.05) is 30.3 Å². The van der Waals surface area contributed by atoms with Gasteiger partial charge in [0.1, 0.15) is 0 Å². The van der Waals surface area contributed by atoms with Crippen molar-refractivity contribution in [2.24, 2.45) is 0 Å². The maximum absolute atomic E-state index is 13.3. The van der Waals surface area contributed by atoms with E-state index < -0.39 is 35.1 Å². The Morgan fingerprint density at radius 1 is 1.11 bits per heavy atom. The second-order valence-corrected chi connectivity index (χ2v) is 9.26. The highest BCUT2D eigenvalue weighted by molar-refractivity contribution is 6.17. The molecule has 198 valence electrons. The van der Waals surface area contributed by atoms with Crippen LogP contribution in [0.4, 0.5) is 26.3 Å². The van der Waals surface area contributed by atoms with Gasteiger partial charge in [-0.3, -0.25) is 4.79 Å². The van der Waals surface area contributed by atoms with E-state index in [2.05, 4.69) is 10.6 Å². The number of hydrogen-bond acceptors (Lipinski definition) is 3. The molecule has 3 unspecified atom stereocenters. The van der Waals surface area contributed by atoms with E-state index in [4.69, 9.17) is 16.3 Å². The first-order valence-electron chi connectivity index (χ1n) is 11.4. The molecule has 0 bridgehead atoms. The van der Waals surface area contributed by atoms with Crippen molar-refractivity contribution in [1.29, 1.82) is 0 Å². The molecule has 1 heterocycles. The van der Waals surface area contributed by atoms with Gasteiger partial charge in [0.15, 0.2) is 0 Å². The molecule has 1 amide bonds. The Labute approximate surface area is 210 Å². The Morgan fingerprint density at radius 3 is 2.28 bits per heavy atom. The Bertz CT molecular complexity index is 999. The number of amides is 1. The minimum Gasteiger partial charge on any atom is -0.372 e. The number of carbonyl (C=O) groups excluding carboxylic acids is 1. The van der Waals surface area contributed by atoms with Crippen molar-refractivity contribution in [2.45, 2.75) is 56.2 Å². The third kappa shape index (κ3) is 7.14. The molecular formula is C25H27ClF6N2O2. The van der Waals surface area contributed by atoms with Gasteiger partial charge >= 0.3 is 12.4 Å². The first-order chi connectivity index (χ1) is 16.8. The van der Waals surface area contributed by atoms with E-state index in [1.165, 1.54) is 6.92 Å². The van der Waals surface area contributed by atoms with Crippen LogP contribution in [-0.4, -0.2) is 31.0 Å². The molecule has 0 saturated carbocycles. The van der Waals surface area contributed by atoms with E-state index in [9.17, 15) is 31.1 Å². The van der Waals surface area contributed by atoms with Gasteiger partial charge in [-0.15, -0.1) is 11.6 Å². The van der Waals surface area contributed by atoms with E-state index in [-0.39, 0.29) is 36.6 Å². The summed E-state index contributed by atoms with van der Waals surface area (Å²) < 4.78 is 85.6. The van der Waals surface area contributed by atoms with Gasteiger partial charge in [-0.1, -0.05) is 30.3 Å². The van der Waals surface area contributed by atoms with E-state index in [0.717, 1.165) is 5.56 Å². The van der Waals surface area contributed by atoms with Gasteiger partial charge in [-0.25, -0.2) is 0 Å². The van der Waals surface area contributed by atoms with Crippen molar-refractivity contribution in [3.8, 4) is 0 Å². The summed E-state index contributed by atoms with van der Waals surface area (Å²) >= 11 is 5.64. The number of hydrogen-bond donors (Lipinski definition) is 2. The van der Waals surface area contributed by atoms with E-state index in [0.29, 0.717) is 37.4 Å². The van der Waals surface area contributed by atoms with Crippen LogP contribution in [0.1, 0.15) is 54.5 Å². The molecule has 11 heteroatoms. The van der Waals surface area contributed by atoms with Gasteiger partial charge in [0.05, 0.1) is 29.4 Å². The maximum Gasteiger partial charge on any atom is 0.416 e. The summed E-state index contributed by atoms with van der Waals surface area (Å²) in [5.41, 5.74) is -2.98. The lowest BCUT2D eigenvalue weighted by atomic mass is 9.88. The molecule has 4 nitrogen and oxygen atoms in total. The van der Waals surface area contributed by atoms with Crippen LogP contribution in [0, 0.1) is 0 Å². The first kappa shape index (κ1) is 28.3. The molecule has 1 aliphatic heterocycles. The smallest absolute Gasteiger partial charge is 0.372 e. The molecule has 36 heavy (non-hydrogen) atoms. The lowest BCUT2D eigenvalue weighted by Gasteiger charge is -2.32.